The number of nitrogens with one attached hydrogen (secondary N) is 2. The van der Waals surface area contributed by atoms with Gasteiger partial charge in [-0.05, 0) is 28.4 Å². The van der Waals surface area contributed by atoms with Crippen molar-refractivity contribution in [2.75, 3.05) is 5.75 Å². The van der Waals surface area contributed by atoms with Crippen LogP contribution in [0, 0.1) is 5.92 Å². The van der Waals surface area contributed by atoms with Crippen molar-refractivity contribution in [1.29, 1.82) is 0 Å². The van der Waals surface area contributed by atoms with E-state index in [0.717, 1.165) is 18.8 Å². The summed E-state index contributed by atoms with van der Waals surface area (Å²) in [6, 6.07) is 6.48. The van der Waals surface area contributed by atoms with E-state index in [0.29, 0.717) is 12.5 Å². The summed E-state index contributed by atoms with van der Waals surface area (Å²) in [6.45, 7) is 8.84. The maximum atomic E-state index is 12.2. The minimum Gasteiger partial charge on any atom is -0.351 e. The molecule has 0 saturated carbocycles. The summed E-state index contributed by atoms with van der Waals surface area (Å²) < 4.78 is 0. The molecule has 1 amide bonds. The zero-order chi connectivity index (χ0) is 14.5. The van der Waals surface area contributed by atoms with E-state index in [1.807, 2.05) is 0 Å². The highest BCUT2D eigenvalue weighted by atomic mass is 32.2. The highest BCUT2D eigenvalue weighted by Crippen LogP contribution is 2.20. The Morgan fingerprint density at radius 1 is 1.35 bits per heavy atom. The third kappa shape index (κ3) is 3.76. The number of hydrogen-bond donors (Lipinski definition) is 2. The van der Waals surface area contributed by atoms with Gasteiger partial charge in [0.2, 0.25) is 5.91 Å². The Morgan fingerprint density at radius 3 is 2.80 bits per heavy atom. The fourth-order valence-corrected chi connectivity index (χ4v) is 3.48. The van der Waals surface area contributed by atoms with Crippen molar-refractivity contribution in [2.45, 2.75) is 45.7 Å². The van der Waals surface area contributed by atoms with Gasteiger partial charge in [0, 0.05) is 19.6 Å². The molecule has 0 fully saturated rings. The Hall–Kier alpha value is -1.00. The molecule has 20 heavy (non-hydrogen) atoms. The SMILES string of the molecule is CCSC(C(=O)NCc1ccc2c(c1)CNC2)C(C)C. The lowest BCUT2D eigenvalue weighted by atomic mass is 10.1. The summed E-state index contributed by atoms with van der Waals surface area (Å²) in [6.07, 6.45) is 0. The molecule has 0 aliphatic carbocycles. The Kier molecular flexibility index (Phi) is 5.49. The minimum atomic E-state index is 0.0519. The van der Waals surface area contributed by atoms with Crippen molar-refractivity contribution in [2.24, 2.45) is 5.92 Å². The van der Waals surface area contributed by atoms with Gasteiger partial charge in [-0.25, -0.2) is 0 Å². The highest BCUT2D eigenvalue weighted by molar-refractivity contribution is 8.00. The molecule has 1 unspecified atom stereocenters. The first-order chi connectivity index (χ1) is 9.61. The summed E-state index contributed by atoms with van der Waals surface area (Å²) in [4.78, 5) is 12.2. The first-order valence-corrected chi connectivity index (χ1v) is 8.37. The summed E-state index contributed by atoms with van der Waals surface area (Å²) in [5.74, 6) is 1.50. The van der Waals surface area contributed by atoms with E-state index in [1.165, 1.54) is 16.7 Å². The Balaban J connectivity index is 1.92. The molecular weight excluding hydrogens is 268 g/mol. The fraction of sp³-hybridized carbons (Fsp3) is 0.562. The molecule has 1 aliphatic rings. The average Bonchev–Trinajstić information content (AvgIpc) is 2.89. The van der Waals surface area contributed by atoms with Crippen molar-refractivity contribution in [3.05, 3.63) is 34.9 Å². The molecule has 0 radical (unpaired) electrons. The topological polar surface area (TPSA) is 41.1 Å². The van der Waals surface area contributed by atoms with Crippen LogP contribution in [0.5, 0.6) is 0 Å². The van der Waals surface area contributed by atoms with E-state index in [1.54, 1.807) is 11.8 Å². The molecule has 0 saturated heterocycles. The van der Waals surface area contributed by atoms with Crippen LogP contribution in [0.3, 0.4) is 0 Å². The standard InChI is InChI=1S/C16H24N2OS/c1-4-20-15(11(2)3)16(19)18-8-12-5-6-13-9-17-10-14(13)7-12/h5-7,11,15,17H,4,8-10H2,1-3H3,(H,18,19). The second-order valence-electron chi connectivity index (χ2n) is 5.54. The summed E-state index contributed by atoms with van der Waals surface area (Å²) in [7, 11) is 0. The van der Waals surface area contributed by atoms with Gasteiger partial charge >= 0.3 is 0 Å². The molecule has 1 aliphatic heterocycles. The molecule has 1 aromatic rings. The lowest BCUT2D eigenvalue weighted by molar-refractivity contribution is -0.121. The van der Waals surface area contributed by atoms with Crippen LogP contribution in [0.25, 0.3) is 0 Å². The van der Waals surface area contributed by atoms with Crippen molar-refractivity contribution in [3.8, 4) is 0 Å². The van der Waals surface area contributed by atoms with E-state index >= 15 is 0 Å². The van der Waals surface area contributed by atoms with Gasteiger partial charge in [-0.15, -0.1) is 11.8 Å². The van der Waals surface area contributed by atoms with Crippen LogP contribution in [0.1, 0.15) is 37.5 Å². The van der Waals surface area contributed by atoms with Gasteiger partial charge in [0.25, 0.3) is 0 Å². The predicted molar refractivity (Wildman–Crippen MR) is 85.6 cm³/mol. The van der Waals surface area contributed by atoms with Crippen LogP contribution in [-0.2, 0) is 24.4 Å². The second-order valence-corrected chi connectivity index (χ2v) is 6.96. The smallest absolute Gasteiger partial charge is 0.233 e. The molecule has 0 spiro atoms. The number of rotatable bonds is 6. The van der Waals surface area contributed by atoms with Gasteiger partial charge in [-0.3, -0.25) is 4.79 Å². The molecule has 3 nitrogen and oxygen atoms in total. The average molecular weight is 292 g/mol. The van der Waals surface area contributed by atoms with E-state index in [-0.39, 0.29) is 11.2 Å². The van der Waals surface area contributed by atoms with Gasteiger partial charge in [-0.1, -0.05) is 39.0 Å². The number of amides is 1. The first-order valence-electron chi connectivity index (χ1n) is 7.32. The highest BCUT2D eigenvalue weighted by Gasteiger charge is 2.21. The normalized spacial score (nSPS) is 15.2. The molecule has 2 rings (SSSR count). The predicted octanol–water partition coefficient (Wildman–Crippen LogP) is 2.68. The third-order valence-corrected chi connectivity index (χ3v) is 5.03. The van der Waals surface area contributed by atoms with E-state index in [2.05, 4.69) is 49.6 Å². The van der Waals surface area contributed by atoms with E-state index in [9.17, 15) is 4.79 Å². The van der Waals surface area contributed by atoms with Crippen molar-refractivity contribution in [1.82, 2.24) is 10.6 Å². The number of carbonyl (C=O) groups is 1. The molecule has 0 aromatic heterocycles. The van der Waals surface area contributed by atoms with E-state index in [4.69, 9.17) is 0 Å². The van der Waals surface area contributed by atoms with Gasteiger partial charge in [0.1, 0.15) is 0 Å². The van der Waals surface area contributed by atoms with Gasteiger partial charge in [0.05, 0.1) is 5.25 Å². The van der Waals surface area contributed by atoms with Gasteiger partial charge in [0.15, 0.2) is 0 Å². The fourth-order valence-electron chi connectivity index (χ4n) is 2.50. The zero-order valence-corrected chi connectivity index (χ0v) is 13.3. The van der Waals surface area contributed by atoms with Crippen LogP contribution in [0.4, 0.5) is 0 Å². The molecule has 1 atom stereocenters. The van der Waals surface area contributed by atoms with Crippen molar-refractivity contribution in [3.63, 3.8) is 0 Å². The number of hydrogen-bond acceptors (Lipinski definition) is 3. The Morgan fingerprint density at radius 2 is 2.10 bits per heavy atom. The minimum absolute atomic E-state index is 0.0519. The number of benzene rings is 1. The molecule has 4 heteroatoms. The van der Waals surface area contributed by atoms with Crippen LogP contribution in [0.2, 0.25) is 0 Å². The summed E-state index contributed by atoms with van der Waals surface area (Å²) >= 11 is 1.73. The van der Waals surface area contributed by atoms with Crippen LogP contribution in [0.15, 0.2) is 18.2 Å². The lowest BCUT2D eigenvalue weighted by Crippen LogP contribution is -2.35. The Bertz CT molecular complexity index is 474. The maximum absolute atomic E-state index is 12.2. The largest absolute Gasteiger partial charge is 0.351 e. The van der Waals surface area contributed by atoms with Crippen molar-refractivity contribution >= 4 is 17.7 Å². The number of thioether (sulfide) groups is 1. The lowest BCUT2D eigenvalue weighted by Gasteiger charge is -2.19. The summed E-state index contributed by atoms with van der Waals surface area (Å²) in [5.41, 5.74) is 3.92. The number of fused-ring (bicyclic) bond motifs is 1. The Labute approximate surface area is 125 Å². The van der Waals surface area contributed by atoms with Crippen LogP contribution < -0.4 is 10.6 Å². The quantitative estimate of drug-likeness (QED) is 0.847. The van der Waals surface area contributed by atoms with Crippen molar-refractivity contribution < 1.29 is 4.79 Å². The molecule has 1 aromatic carbocycles. The second kappa shape index (κ2) is 7.14. The molecule has 110 valence electrons. The van der Waals surface area contributed by atoms with Gasteiger partial charge in [-0.2, -0.15) is 0 Å². The van der Waals surface area contributed by atoms with Crippen LogP contribution in [-0.4, -0.2) is 16.9 Å². The first kappa shape index (κ1) is 15.4. The van der Waals surface area contributed by atoms with Crippen LogP contribution >= 0.6 is 11.8 Å². The maximum Gasteiger partial charge on any atom is 0.233 e. The molecule has 0 bridgehead atoms. The number of carbonyl (C=O) groups excluding carboxylic acids is 1. The monoisotopic (exact) mass is 292 g/mol. The van der Waals surface area contributed by atoms with Gasteiger partial charge < -0.3 is 10.6 Å². The zero-order valence-electron chi connectivity index (χ0n) is 12.5. The third-order valence-electron chi connectivity index (χ3n) is 3.58. The summed E-state index contributed by atoms with van der Waals surface area (Å²) in [5, 5.41) is 6.47. The molecule has 2 N–H and O–H groups in total. The molecular formula is C16H24N2OS. The van der Waals surface area contributed by atoms with E-state index < -0.39 is 0 Å². The molecule has 1 heterocycles.